The maximum absolute atomic E-state index is 13.3. The van der Waals surface area contributed by atoms with E-state index in [1.807, 2.05) is 6.07 Å². The smallest absolute Gasteiger partial charge is 0.493 e. The van der Waals surface area contributed by atoms with Gasteiger partial charge in [-0.25, -0.2) is 4.39 Å². The van der Waals surface area contributed by atoms with Crippen LogP contribution in [0.1, 0.15) is 5.69 Å². The first-order valence-electron chi connectivity index (χ1n) is 5.99. The van der Waals surface area contributed by atoms with Crippen LogP contribution in [0, 0.1) is 5.82 Å². The second-order valence-electron chi connectivity index (χ2n) is 4.18. The van der Waals surface area contributed by atoms with Gasteiger partial charge in [0.2, 0.25) is 0 Å². The van der Waals surface area contributed by atoms with Crippen LogP contribution in [0.2, 0.25) is 0 Å². The van der Waals surface area contributed by atoms with Crippen molar-refractivity contribution in [2.45, 2.75) is 6.42 Å². The van der Waals surface area contributed by atoms with Gasteiger partial charge in [0.25, 0.3) is 0 Å². The Morgan fingerprint density at radius 1 is 1.10 bits per heavy atom. The summed E-state index contributed by atoms with van der Waals surface area (Å²) >= 11 is 0. The Morgan fingerprint density at radius 3 is 2.50 bits per heavy atom. The van der Waals surface area contributed by atoms with Gasteiger partial charge in [-0.3, -0.25) is 4.98 Å². The van der Waals surface area contributed by atoms with E-state index in [-0.39, 0.29) is 12.4 Å². The lowest BCUT2D eigenvalue weighted by atomic mass is 9.80. The van der Waals surface area contributed by atoms with Crippen molar-refractivity contribution in [2.24, 2.45) is 0 Å². The van der Waals surface area contributed by atoms with Crippen molar-refractivity contribution in [3.63, 3.8) is 0 Å². The molecule has 2 rings (SSSR count). The average Bonchev–Trinajstić information content (AvgIpc) is 2.38. The van der Waals surface area contributed by atoms with Gasteiger partial charge in [-0.2, -0.15) is 0 Å². The van der Waals surface area contributed by atoms with Crippen LogP contribution in [0.4, 0.5) is 17.3 Å². The van der Waals surface area contributed by atoms with E-state index in [9.17, 15) is 17.3 Å². The SMILES string of the molecule is Fc1cc(OCCc2ccccn2)ccc1[B-](F)(F)F. The molecule has 0 bridgehead atoms. The maximum atomic E-state index is 13.3. The van der Waals surface area contributed by atoms with E-state index in [1.54, 1.807) is 18.3 Å². The summed E-state index contributed by atoms with van der Waals surface area (Å²) in [7, 11) is 0. The first kappa shape index (κ1) is 14.4. The van der Waals surface area contributed by atoms with E-state index in [1.165, 1.54) is 0 Å². The lowest BCUT2D eigenvalue weighted by molar-refractivity contribution is 0.319. The molecule has 0 aliphatic carbocycles. The van der Waals surface area contributed by atoms with Crippen molar-refractivity contribution in [3.05, 3.63) is 54.1 Å². The second kappa shape index (κ2) is 5.94. The summed E-state index contributed by atoms with van der Waals surface area (Å²) in [4.78, 5) is 4.07. The van der Waals surface area contributed by atoms with Gasteiger partial charge in [0.15, 0.2) is 0 Å². The van der Waals surface area contributed by atoms with Gasteiger partial charge >= 0.3 is 6.98 Å². The number of nitrogens with zero attached hydrogens (tertiary/aromatic N) is 1. The summed E-state index contributed by atoms with van der Waals surface area (Å²) < 4.78 is 55.8. The zero-order valence-corrected chi connectivity index (χ0v) is 10.4. The number of hydrogen-bond acceptors (Lipinski definition) is 2. The number of halogens is 4. The number of rotatable bonds is 5. The molecule has 0 N–H and O–H groups in total. The normalized spacial score (nSPS) is 11.4. The van der Waals surface area contributed by atoms with E-state index in [4.69, 9.17) is 4.74 Å². The predicted octanol–water partition coefficient (Wildman–Crippen LogP) is 2.90. The molecular formula is C13H11BF4NO-. The fourth-order valence-corrected chi connectivity index (χ4v) is 1.68. The van der Waals surface area contributed by atoms with Crippen LogP contribution >= 0.6 is 0 Å². The van der Waals surface area contributed by atoms with Crippen LogP contribution in [0.3, 0.4) is 0 Å². The zero-order valence-electron chi connectivity index (χ0n) is 10.4. The minimum Gasteiger partial charge on any atom is -0.493 e. The molecule has 0 radical (unpaired) electrons. The van der Waals surface area contributed by atoms with Gasteiger partial charge < -0.3 is 17.7 Å². The van der Waals surface area contributed by atoms with Crippen molar-refractivity contribution >= 4 is 12.4 Å². The summed E-state index contributed by atoms with van der Waals surface area (Å²) in [6.45, 7) is -5.12. The Kier molecular flexibility index (Phi) is 4.27. The molecule has 1 aromatic heterocycles. The van der Waals surface area contributed by atoms with Crippen LogP contribution < -0.4 is 10.2 Å². The molecule has 0 spiro atoms. The largest absolute Gasteiger partial charge is 0.512 e. The van der Waals surface area contributed by atoms with Gasteiger partial charge in [-0.15, -0.1) is 0 Å². The molecule has 20 heavy (non-hydrogen) atoms. The summed E-state index contributed by atoms with van der Waals surface area (Å²) in [6, 6.07) is 7.97. The quantitative estimate of drug-likeness (QED) is 0.622. The van der Waals surface area contributed by atoms with Gasteiger partial charge in [0.1, 0.15) is 5.75 Å². The summed E-state index contributed by atoms with van der Waals surface area (Å²) in [5.74, 6) is -1.24. The highest BCUT2D eigenvalue weighted by atomic mass is 19.4. The molecule has 0 aliphatic heterocycles. The Bertz CT molecular complexity index is 574. The van der Waals surface area contributed by atoms with Crippen molar-refractivity contribution in [1.29, 1.82) is 0 Å². The van der Waals surface area contributed by atoms with Gasteiger partial charge in [0, 0.05) is 24.4 Å². The molecule has 0 atom stereocenters. The molecule has 0 aliphatic rings. The first-order valence-corrected chi connectivity index (χ1v) is 5.99. The maximum Gasteiger partial charge on any atom is 0.512 e. The highest BCUT2D eigenvalue weighted by molar-refractivity contribution is 6.73. The molecule has 2 nitrogen and oxygen atoms in total. The lowest BCUT2D eigenvalue weighted by Gasteiger charge is -2.16. The zero-order chi connectivity index (χ0) is 14.6. The molecule has 0 unspecified atom stereocenters. The van der Waals surface area contributed by atoms with Crippen molar-refractivity contribution in [1.82, 2.24) is 4.98 Å². The van der Waals surface area contributed by atoms with Gasteiger partial charge in [0.05, 0.1) is 12.4 Å². The monoisotopic (exact) mass is 284 g/mol. The van der Waals surface area contributed by atoms with Crippen LogP contribution in [0.5, 0.6) is 5.75 Å². The third-order valence-corrected chi connectivity index (χ3v) is 2.68. The van der Waals surface area contributed by atoms with Crippen molar-refractivity contribution in [2.75, 3.05) is 6.61 Å². The Morgan fingerprint density at radius 2 is 1.90 bits per heavy atom. The number of hydrogen-bond donors (Lipinski definition) is 0. The Balaban J connectivity index is 1.96. The molecule has 1 aromatic carbocycles. The number of aromatic nitrogens is 1. The molecule has 106 valence electrons. The number of benzene rings is 1. The average molecular weight is 284 g/mol. The molecule has 7 heteroatoms. The Labute approximate surface area is 113 Å². The van der Waals surface area contributed by atoms with Crippen LogP contribution in [0.25, 0.3) is 0 Å². The van der Waals surface area contributed by atoms with Gasteiger partial charge in [-0.05, 0) is 18.2 Å². The topological polar surface area (TPSA) is 22.1 Å². The van der Waals surface area contributed by atoms with E-state index in [0.717, 1.165) is 17.8 Å². The molecule has 1 heterocycles. The predicted molar refractivity (Wildman–Crippen MR) is 68.5 cm³/mol. The van der Waals surface area contributed by atoms with Gasteiger partial charge in [-0.1, -0.05) is 17.6 Å². The van der Waals surface area contributed by atoms with E-state index >= 15 is 0 Å². The molecule has 2 aromatic rings. The molecule has 0 saturated carbocycles. The van der Waals surface area contributed by atoms with E-state index in [0.29, 0.717) is 12.5 Å². The van der Waals surface area contributed by atoms with Crippen LogP contribution in [0.15, 0.2) is 42.6 Å². The first-order chi connectivity index (χ1) is 9.47. The fourth-order valence-electron chi connectivity index (χ4n) is 1.68. The van der Waals surface area contributed by atoms with Crippen molar-refractivity contribution in [3.8, 4) is 5.75 Å². The third-order valence-electron chi connectivity index (χ3n) is 2.68. The minimum atomic E-state index is -5.34. The molecular weight excluding hydrogens is 273 g/mol. The molecule has 0 saturated heterocycles. The standard InChI is InChI=1S/C13H11BF4NO/c15-13-9-11(4-5-12(13)14(16,17)18)20-8-6-10-3-1-2-7-19-10/h1-5,7,9H,6,8H2/q-1. The molecule has 0 amide bonds. The Hall–Kier alpha value is -2.05. The summed E-state index contributed by atoms with van der Waals surface area (Å²) in [5, 5.41) is 0. The van der Waals surface area contributed by atoms with Crippen LogP contribution in [-0.4, -0.2) is 18.6 Å². The number of pyridine rings is 1. The highest BCUT2D eigenvalue weighted by Crippen LogP contribution is 2.17. The fraction of sp³-hybridized carbons (Fsp3) is 0.154. The number of ether oxygens (including phenoxy) is 1. The van der Waals surface area contributed by atoms with Crippen LogP contribution in [-0.2, 0) is 6.42 Å². The van der Waals surface area contributed by atoms with Crippen molar-refractivity contribution < 1.29 is 22.1 Å². The molecule has 0 fully saturated rings. The highest BCUT2D eigenvalue weighted by Gasteiger charge is 2.28. The summed E-state index contributed by atoms with van der Waals surface area (Å²) in [5.41, 5.74) is -0.440. The lowest BCUT2D eigenvalue weighted by Crippen LogP contribution is -2.36. The minimum absolute atomic E-state index is 0.0715. The summed E-state index contributed by atoms with van der Waals surface area (Å²) in [6.07, 6.45) is 2.13. The third kappa shape index (κ3) is 3.72. The van der Waals surface area contributed by atoms with E-state index in [2.05, 4.69) is 4.98 Å². The second-order valence-corrected chi connectivity index (χ2v) is 4.18. The van der Waals surface area contributed by atoms with E-state index < -0.39 is 18.3 Å².